The number of alkyl halides is 3. The van der Waals surface area contributed by atoms with Crippen LogP contribution < -0.4 is 0 Å². The summed E-state index contributed by atoms with van der Waals surface area (Å²) in [6.45, 7) is 3.32. The normalized spacial score (nSPS) is 17.5. The van der Waals surface area contributed by atoms with Crippen molar-refractivity contribution in [2.45, 2.75) is 51.3 Å². The minimum Gasteiger partial charge on any atom is -0.390 e. The molecule has 1 atom stereocenters. The summed E-state index contributed by atoms with van der Waals surface area (Å²) >= 11 is 0. The molecule has 1 unspecified atom stereocenters. The lowest BCUT2D eigenvalue weighted by atomic mass is 9.96. The molecular weight excluding hydrogens is 169 g/mol. The van der Waals surface area contributed by atoms with Crippen LogP contribution in [-0.2, 0) is 0 Å². The largest absolute Gasteiger partial charge is 0.390 e. The van der Waals surface area contributed by atoms with Crippen LogP contribution in [0.3, 0.4) is 0 Å². The van der Waals surface area contributed by atoms with Gasteiger partial charge in [-0.25, -0.2) is 0 Å². The maximum Gasteiger partial charge on any atom is 0.389 e. The maximum atomic E-state index is 11.7. The molecule has 0 amide bonds. The van der Waals surface area contributed by atoms with Crippen LogP contribution in [0.5, 0.6) is 0 Å². The van der Waals surface area contributed by atoms with Gasteiger partial charge in [-0.3, -0.25) is 0 Å². The predicted octanol–water partition coefficient (Wildman–Crippen LogP) is 2.88. The Hall–Kier alpha value is -0.250. The zero-order valence-corrected chi connectivity index (χ0v) is 7.41. The molecule has 0 heterocycles. The van der Waals surface area contributed by atoms with Crippen molar-refractivity contribution in [3.63, 3.8) is 0 Å². The van der Waals surface area contributed by atoms with Crippen LogP contribution >= 0.6 is 0 Å². The molecule has 0 aliphatic rings. The first-order chi connectivity index (χ1) is 5.27. The molecule has 0 spiro atoms. The molecule has 4 heteroatoms. The molecule has 0 aromatic heterocycles. The third-order valence-corrected chi connectivity index (χ3v) is 1.94. The van der Waals surface area contributed by atoms with Crippen LogP contribution in [0.1, 0.15) is 39.5 Å². The fraction of sp³-hybridized carbons (Fsp3) is 1.00. The lowest BCUT2D eigenvalue weighted by Gasteiger charge is -2.21. The van der Waals surface area contributed by atoms with Gasteiger partial charge in [-0.2, -0.15) is 13.2 Å². The van der Waals surface area contributed by atoms with Crippen molar-refractivity contribution in [3.8, 4) is 0 Å². The Bertz CT molecular complexity index is 129. The summed E-state index contributed by atoms with van der Waals surface area (Å²) in [7, 11) is 0. The van der Waals surface area contributed by atoms with E-state index in [1.165, 1.54) is 0 Å². The third kappa shape index (κ3) is 6.46. The van der Waals surface area contributed by atoms with E-state index in [1.54, 1.807) is 13.8 Å². The van der Waals surface area contributed by atoms with E-state index in [4.69, 9.17) is 0 Å². The summed E-state index contributed by atoms with van der Waals surface area (Å²) in [5.74, 6) is 0. The fourth-order valence-corrected chi connectivity index (χ4v) is 0.846. The van der Waals surface area contributed by atoms with E-state index in [2.05, 4.69) is 0 Å². The monoisotopic (exact) mass is 184 g/mol. The highest BCUT2D eigenvalue weighted by Gasteiger charge is 2.28. The minimum absolute atomic E-state index is 0.00431. The first-order valence-electron chi connectivity index (χ1n) is 4.06. The molecule has 0 aromatic carbocycles. The van der Waals surface area contributed by atoms with Crippen LogP contribution in [-0.4, -0.2) is 16.9 Å². The van der Waals surface area contributed by atoms with Crippen LogP contribution in [0, 0.1) is 0 Å². The van der Waals surface area contributed by atoms with Crippen molar-refractivity contribution in [2.75, 3.05) is 0 Å². The maximum absolute atomic E-state index is 11.7. The number of hydrogen-bond acceptors (Lipinski definition) is 1. The quantitative estimate of drug-likeness (QED) is 0.712. The van der Waals surface area contributed by atoms with Crippen LogP contribution in [0.15, 0.2) is 0 Å². The van der Waals surface area contributed by atoms with E-state index in [9.17, 15) is 18.3 Å². The molecule has 0 fully saturated rings. The topological polar surface area (TPSA) is 20.2 Å². The molecule has 0 rings (SSSR count). The zero-order valence-electron chi connectivity index (χ0n) is 7.41. The summed E-state index contributed by atoms with van der Waals surface area (Å²) in [6.07, 6.45) is -4.19. The molecule has 0 bridgehead atoms. The van der Waals surface area contributed by atoms with E-state index in [-0.39, 0.29) is 12.8 Å². The Morgan fingerprint density at radius 3 is 2.00 bits per heavy atom. The molecule has 0 aliphatic carbocycles. The number of hydrogen-bond donors (Lipinski definition) is 1. The highest BCUT2D eigenvalue weighted by molar-refractivity contribution is 4.70. The highest BCUT2D eigenvalue weighted by Crippen LogP contribution is 2.25. The van der Waals surface area contributed by atoms with E-state index in [1.807, 2.05) is 0 Å². The first-order valence-corrected chi connectivity index (χ1v) is 4.06. The van der Waals surface area contributed by atoms with E-state index in [0.717, 1.165) is 0 Å². The smallest absolute Gasteiger partial charge is 0.389 e. The molecule has 0 aromatic rings. The SMILES string of the molecule is CCC(C)(O)CCCC(F)(F)F. The molecule has 1 N–H and O–H groups in total. The lowest BCUT2D eigenvalue weighted by Crippen LogP contribution is -2.23. The molecule has 0 radical (unpaired) electrons. The summed E-state index contributed by atoms with van der Waals surface area (Å²) in [6, 6.07) is 0. The van der Waals surface area contributed by atoms with Gasteiger partial charge < -0.3 is 5.11 Å². The number of rotatable bonds is 4. The fourth-order valence-electron chi connectivity index (χ4n) is 0.846. The second-order valence-corrected chi connectivity index (χ2v) is 3.32. The highest BCUT2D eigenvalue weighted by atomic mass is 19.4. The Labute approximate surface area is 70.6 Å². The van der Waals surface area contributed by atoms with Crippen LogP contribution in [0.4, 0.5) is 13.2 Å². The Morgan fingerprint density at radius 2 is 1.67 bits per heavy atom. The van der Waals surface area contributed by atoms with E-state index in [0.29, 0.717) is 6.42 Å². The zero-order chi connectivity index (χ0) is 9.83. The minimum atomic E-state index is -4.09. The van der Waals surface area contributed by atoms with Gasteiger partial charge >= 0.3 is 6.18 Å². The van der Waals surface area contributed by atoms with Gasteiger partial charge in [0.05, 0.1) is 5.60 Å². The van der Waals surface area contributed by atoms with Gasteiger partial charge in [0.25, 0.3) is 0 Å². The van der Waals surface area contributed by atoms with E-state index >= 15 is 0 Å². The van der Waals surface area contributed by atoms with Gasteiger partial charge in [0.15, 0.2) is 0 Å². The molecule has 1 nitrogen and oxygen atoms in total. The van der Waals surface area contributed by atoms with Gasteiger partial charge in [0.2, 0.25) is 0 Å². The molecule has 0 saturated carbocycles. The van der Waals surface area contributed by atoms with Gasteiger partial charge in [-0.05, 0) is 26.2 Å². The van der Waals surface area contributed by atoms with Crippen molar-refractivity contribution in [1.29, 1.82) is 0 Å². The number of aliphatic hydroxyl groups is 1. The molecule has 12 heavy (non-hydrogen) atoms. The summed E-state index contributed by atoms with van der Waals surface area (Å²) < 4.78 is 35.0. The van der Waals surface area contributed by atoms with Crippen molar-refractivity contribution >= 4 is 0 Å². The average molecular weight is 184 g/mol. The Balaban J connectivity index is 3.57. The Morgan fingerprint density at radius 1 is 1.17 bits per heavy atom. The third-order valence-electron chi connectivity index (χ3n) is 1.94. The van der Waals surface area contributed by atoms with Gasteiger partial charge in [-0.1, -0.05) is 6.92 Å². The second-order valence-electron chi connectivity index (χ2n) is 3.32. The molecule has 0 aliphatic heterocycles. The van der Waals surface area contributed by atoms with E-state index < -0.39 is 18.2 Å². The standard InChI is InChI=1S/C8H15F3O/c1-3-7(2,12)5-4-6-8(9,10)11/h12H,3-6H2,1-2H3. The lowest BCUT2D eigenvalue weighted by molar-refractivity contribution is -0.137. The summed E-state index contributed by atoms with van der Waals surface area (Å²) in [5, 5.41) is 9.35. The average Bonchev–Trinajstić information content (AvgIpc) is 1.84. The van der Waals surface area contributed by atoms with Crippen molar-refractivity contribution in [2.24, 2.45) is 0 Å². The van der Waals surface area contributed by atoms with Crippen LogP contribution in [0.25, 0.3) is 0 Å². The van der Waals surface area contributed by atoms with Crippen molar-refractivity contribution in [1.82, 2.24) is 0 Å². The van der Waals surface area contributed by atoms with Gasteiger partial charge in [-0.15, -0.1) is 0 Å². The molecule has 74 valence electrons. The van der Waals surface area contributed by atoms with Gasteiger partial charge in [0, 0.05) is 6.42 Å². The van der Waals surface area contributed by atoms with Crippen LogP contribution in [0.2, 0.25) is 0 Å². The molecular formula is C8H15F3O. The first kappa shape index (κ1) is 11.8. The predicted molar refractivity (Wildman–Crippen MR) is 40.8 cm³/mol. The summed E-state index contributed by atoms with van der Waals surface area (Å²) in [5.41, 5.74) is -0.939. The number of halogens is 3. The van der Waals surface area contributed by atoms with Crippen molar-refractivity contribution < 1.29 is 18.3 Å². The second kappa shape index (κ2) is 4.12. The summed E-state index contributed by atoms with van der Waals surface area (Å²) in [4.78, 5) is 0. The Kier molecular flexibility index (Phi) is 4.03. The van der Waals surface area contributed by atoms with Gasteiger partial charge in [0.1, 0.15) is 0 Å². The molecule has 0 saturated heterocycles. The van der Waals surface area contributed by atoms with Crippen molar-refractivity contribution in [3.05, 3.63) is 0 Å².